The summed E-state index contributed by atoms with van der Waals surface area (Å²) in [5.41, 5.74) is 4.36. The monoisotopic (exact) mass is 394 g/mol. The van der Waals surface area contributed by atoms with Crippen molar-refractivity contribution in [1.82, 2.24) is 9.78 Å². The quantitative estimate of drug-likeness (QED) is 0.489. The lowest BCUT2D eigenvalue weighted by Gasteiger charge is -2.16. The highest BCUT2D eigenvalue weighted by molar-refractivity contribution is 6.32. The van der Waals surface area contributed by atoms with Gasteiger partial charge in [-0.2, -0.15) is 5.10 Å². The van der Waals surface area contributed by atoms with Crippen molar-refractivity contribution < 1.29 is 9.63 Å². The summed E-state index contributed by atoms with van der Waals surface area (Å²) in [5, 5.41) is 8.81. The summed E-state index contributed by atoms with van der Waals surface area (Å²) in [4.78, 5) is 19.4. The lowest BCUT2D eigenvalue weighted by molar-refractivity contribution is -0.122. The highest BCUT2D eigenvalue weighted by Gasteiger charge is 2.24. The number of benzene rings is 2. The molecule has 0 saturated carbocycles. The van der Waals surface area contributed by atoms with Crippen molar-refractivity contribution in [2.45, 2.75) is 13.3 Å². The zero-order valence-corrected chi connectivity index (χ0v) is 16.1. The molecule has 0 spiro atoms. The summed E-state index contributed by atoms with van der Waals surface area (Å²) in [6.45, 7) is 2.38. The first kappa shape index (κ1) is 18.3. The first-order chi connectivity index (χ1) is 13.6. The van der Waals surface area contributed by atoms with Crippen LogP contribution in [-0.2, 0) is 16.1 Å². The van der Waals surface area contributed by atoms with Gasteiger partial charge in [0.1, 0.15) is 5.15 Å². The Hall–Kier alpha value is -3.12. The second-order valence-corrected chi connectivity index (χ2v) is 6.83. The molecule has 7 heteroatoms. The number of aryl methyl sites for hydroxylation is 1. The minimum atomic E-state index is -0.131. The first-order valence-electron chi connectivity index (χ1n) is 8.99. The fourth-order valence-corrected chi connectivity index (χ4v) is 3.58. The van der Waals surface area contributed by atoms with E-state index in [2.05, 4.69) is 10.3 Å². The van der Waals surface area contributed by atoms with Crippen LogP contribution >= 0.6 is 11.6 Å². The Kier molecular flexibility index (Phi) is 5.12. The van der Waals surface area contributed by atoms with Crippen LogP contribution in [0.15, 0.2) is 59.8 Å². The van der Waals surface area contributed by atoms with Crippen molar-refractivity contribution in [2.75, 3.05) is 18.1 Å². The number of carbonyl (C=O) groups excluding carboxylic acids is 1. The highest BCUT2D eigenvalue weighted by atomic mass is 35.5. The third-order valence-corrected chi connectivity index (χ3v) is 5.05. The van der Waals surface area contributed by atoms with Gasteiger partial charge in [-0.05, 0) is 37.1 Å². The minimum Gasteiger partial charge on any atom is -0.386 e. The standard InChI is InChI=1S/C21H19ClN4O2/c1-15-18(21(22)26(24-15)17-8-3-2-4-9-17)13-23-28-14-20(27)25-12-11-16-7-5-6-10-19(16)25/h2-10,13H,11-12,14H2,1H3. The number of para-hydroxylation sites is 2. The molecule has 1 aliphatic rings. The largest absolute Gasteiger partial charge is 0.386 e. The van der Waals surface area contributed by atoms with Gasteiger partial charge in [0.2, 0.25) is 0 Å². The van der Waals surface area contributed by atoms with Crippen molar-refractivity contribution in [3.05, 3.63) is 76.6 Å². The van der Waals surface area contributed by atoms with Gasteiger partial charge < -0.3 is 9.74 Å². The van der Waals surface area contributed by atoms with Crippen molar-refractivity contribution in [2.24, 2.45) is 5.16 Å². The van der Waals surface area contributed by atoms with Crippen LogP contribution < -0.4 is 4.90 Å². The van der Waals surface area contributed by atoms with E-state index >= 15 is 0 Å². The lowest BCUT2D eigenvalue weighted by atomic mass is 10.2. The van der Waals surface area contributed by atoms with Gasteiger partial charge in [0.25, 0.3) is 5.91 Å². The predicted molar refractivity (Wildman–Crippen MR) is 109 cm³/mol. The normalized spacial score (nSPS) is 13.1. The Balaban J connectivity index is 1.41. The molecule has 0 saturated heterocycles. The van der Waals surface area contributed by atoms with Crippen LogP contribution in [0.5, 0.6) is 0 Å². The van der Waals surface area contributed by atoms with Crippen molar-refractivity contribution in [3.8, 4) is 5.69 Å². The zero-order valence-electron chi connectivity index (χ0n) is 15.4. The van der Waals surface area contributed by atoms with E-state index in [1.165, 1.54) is 11.8 Å². The van der Waals surface area contributed by atoms with Crippen LogP contribution in [0.4, 0.5) is 5.69 Å². The van der Waals surface area contributed by atoms with Gasteiger partial charge in [-0.3, -0.25) is 4.79 Å². The summed E-state index contributed by atoms with van der Waals surface area (Å²) >= 11 is 6.44. The van der Waals surface area contributed by atoms with Crippen LogP contribution in [-0.4, -0.2) is 35.1 Å². The SMILES string of the molecule is Cc1nn(-c2ccccc2)c(Cl)c1C=NOCC(=O)N1CCc2ccccc21. The fraction of sp³-hybridized carbons (Fsp3) is 0.190. The number of nitrogens with zero attached hydrogens (tertiary/aromatic N) is 4. The van der Waals surface area contributed by atoms with E-state index in [0.29, 0.717) is 17.3 Å². The molecule has 4 rings (SSSR count). The molecule has 0 aliphatic carbocycles. The second kappa shape index (κ2) is 7.86. The molecule has 1 aromatic heterocycles. The Bertz CT molecular complexity index is 1030. The summed E-state index contributed by atoms with van der Waals surface area (Å²) in [6.07, 6.45) is 2.36. The maximum Gasteiger partial charge on any atom is 0.267 e. The molecule has 0 atom stereocenters. The number of oxime groups is 1. The maximum absolute atomic E-state index is 12.4. The van der Waals surface area contributed by atoms with Gasteiger partial charge in [0.15, 0.2) is 6.61 Å². The molecular weight excluding hydrogens is 376 g/mol. The average Bonchev–Trinajstić information content (AvgIpc) is 3.27. The minimum absolute atomic E-state index is 0.120. The van der Waals surface area contributed by atoms with Crippen molar-refractivity contribution in [3.63, 3.8) is 0 Å². The lowest BCUT2D eigenvalue weighted by Crippen LogP contribution is -2.31. The number of rotatable bonds is 5. The smallest absolute Gasteiger partial charge is 0.267 e. The Labute approximate surface area is 168 Å². The van der Waals surface area contributed by atoms with E-state index in [0.717, 1.165) is 23.5 Å². The van der Waals surface area contributed by atoms with Crippen LogP contribution in [0.3, 0.4) is 0 Å². The molecule has 2 heterocycles. The molecule has 0 radical (unpaired) electrons. The number of amides is 1. The summed E-state index contributed by atoms with van der Waals surface area (Å²) in [7, 11) is 0. The van der Waals surface area contributed by atoms with E-state index < -0.39 is 0 Å². The van der Waals surface area contributed by atoms with Gasteiger partial charge in [-0.15, -0.1) is 0 Å². The maximum atomic E-state index is 12.4. The molecule has 0 bridgehead atoms. The average molecular weight is 395 g/mol. The molecule has 3 aromatic rings. The summed E-state index contributed by atoms with van der Waals surface area (Å²) < 4.78 is 1.64. The summed E-state index contributed by atoms with van der Waals surface area (Å²) in [6, 6.07) is 17.5. The molecule has 2 aromatic carbocycles. The second-order valence-electron chi connectivity index (χ2n) is 6.47. The summed E-state index contributed by atoms with van der Waals surface area (Å²) in [5.74, 6) is -0.120. The number of anilines is 1. The van der Waals surface area contributed by atoms with Crippen molar-refractivity contribution in [1.29, 1.82) is 0 Å². The van der Waals surface area contributed by atoms with Gasteiger partial charge in [0.05, 0.1) is 23.2 Å². The number of hydrogen-bond donors (Lipinski definition) is 0. The molecule has 0 fully saturated rings. The molecular formula is C21H19ClN4O2. The molecule has 0 N–H and O–H groups in total. The van der Waals surface area contributed by atoms with Crippen LogP contribution in [0.2, 0.25) is 5.15 Å². The molecule has 1 aliphatic heterocycles. The van der Waals surface area contributed by atoms with Crippen LogP contribution in [0, 0.1) is 6.92 Å². The van der Waals surface area contributed by atoms with Gasteiger partial charge >= 0.3 is 0 Å². The van der Waals surface area contributed by atoms with E-state index in [1.54, 1.807) is 9.58 Å². The molecule has 6 nitrogen and oxygen atoms in total. The van der Waals surface area contributed by atoms with E-state index in [-0.39, 0.29) is 12.5 Å². The number of hydrogen-bond acceptors (Lipinski definition) is 4. The fourth-order valence-electron chi connectivity index (χ4n) is 3.26. The molecule has 0 unspecified atom stereocenters. The topological polar surface area (TPSA) is 59.7 Å². The van der Waals surface area contributed by atoms with E-state index in [9.17, 15) is 4.79 Å². The van der Waals surface area contributed by atoms with Gasteiger partial charge in [-0.25, -0.2) is 4.68 Å². The number of carbonyl (C=O) groups is 1. The van der Waals surface area contributed by atoms with Gasteiger partial charge in [-0.1, -0.05) is 53.2 Å². The number of halogens is 1. The van der Waals surface area contributed by atoms with E-state index in [4.69, 9.17) is 16.4 Å². The molecule has 1 amide bonds. The van der Waals surface area contributed by atoms with Crippen molar-refractivity contribution >= 4 is 29.4 Å². The van der Waals surface area contributed by atoms with Crippen LogP contribution in [0.25, 0.3) is 5.69 Å². The highest BCUT2D eigenvalue weighted by Crippen LogP contribution is 2.27. The Morgan fingerprint density at radius 1 is 1.21 bits per heavy atom. The number of aromatic nitrogens is 2. The first-order valence-corrected chi connectivity index (χ1v) is 9.37. The third kappa shape index (κ3) is 3.51. The Morgan fingerprint density at radius 3 is 2.79 bits per heavy atom. The third-order valence-electron chi connectivity index (χ3n) is 4.68. The van der Waals surface area contributed by atoms with Crippen LogP contribution in [0.1, 0.15) is 16.8 Å². The molecule has 28 heavy (non-hydrogen) atoms. The Morgan fingerprint density at radius 2 is 1.96 bits per heavy atom. The van der Waals surface area contributed by atoms with Gasteiger partial charge in [0, 0.05) is 12.2 Å². The zero-order chi connectivity index (χ0) is 19.5. The number of fused-ring (bicyclic) bond motifs is 1. The predicted octanol–water partition coefficient (Wildman–Crippen LogP) is 3.77. The molecule has 142 valence electrons. The van der Waals surface area contributed by atoms with E-state index in [1.807, 2.05) is 61.5 Å².